The maximum Gasteiger partial charge on any atom is 0.434 e. The smallest absolute Gasteiger partial charge is 0.434 e. The van der Waals surface area contributed by atoms with Crippen LogP contribution in [-0.2, 0) is 31.9 Å². The highest BCUT2D eigenvalue weighted by atomic mass is 35.5. The quantitative estimate of drug-likeness (QED) is 0.0576. The van der Waals surface area contributed by atoms with Crippen LogP contribution < -0.4 is 0 Å². The second-order valence-corrected chi connectivity index (χ2v) is 17.5. The van der Waals surface area contributed by atoms with Crippen molar-refractivity contribution in [3.05, 3.63) is 58.2 Å². The van der Waals surface area contributed by atoms with E-state index in [1.54, 1.807) is 24.3 Å². The van der Waals surface area contributed by atoms with Crippen LogP contribution in [0.2, 0.25) is 30.7 Å². The highest BCUT2D eigenvalue weighted by Gasteiger charge is 2.52. The number of alkyl halides is 3. The van der Waals surface area contributed by atoms with Gasteiger partial charge in [0.1, 0.15) is 24.6 Å². The van der Waals surface area contributed by atoms with Crippen LogP contribution in [0.25, 0.3) is 17.0 Å². The lowest BCUT2D eigenvalue weighted by atomic mass is 10.0. The maximum absolute atomic E-state index is 13.5. The summed E-state index contributed by atoms with van der Waals surface area (Å²) in [6.07, 6.45) is -0.573. The molecule has 1 aliphatic rings. The van der Waals surface area contributed by atoms with Crippen molar-refractivity contribution in [1.82, 2.24) is 9.55 Å². The fourth-order valence-corrected chi connectivity index (χ4v) is 5.00. The van der Waals surface area contributed by atoms with Gasteiger partial charge in [-0.3, -0.25) is 4.79 Å². The van der Waals surface area contributed by atoms with Gasteiger partial charge in [-0.1, -0.05) is 37.3 Å². The first-order chi connectivity index (χ1) is 19.1. The van der Waals surface area contributed by atoms with Gasteiger partial charge in [0, 0.05) is 32.5 Å². The van der Waals surface area contributed by atoms with E-state index in [4.69, 9.17) is 25.8 Å². The summed E-state index contributed by atoms with van der Waals surface area (Å²) < 4.78 is 58.2. The number of hydrogen-bond acceptors (Lipinski definition) is 6. The van der Waals surface area contributed by atoms with Crippen LogP contribution in [0.15, 0.2) is 46.9 Å². The van der Waals surface area contributed by atoms with Gasteiger partial charge in [-0.15, -0.1) is 0 Å². The van der Waals surface area contributed by atoms with Gasteiger partial charge in [0.25, 0.3) is 0 Å². The molecule has 0 spiro atoms. The molecule has 2 aromatic rings. The molecule has 0 atom stereocenters. The fourth-order valence-electron chi connectivity index (χ4n) is 3.98. The van der Waals surface area contributed by atoms with Crippen molar-refractivity contribution in [3.8, 4) is 11.4 Å². The lowest BCUT2D eigenvalue weighted by molar-refractivity contribution is -0.149. The van der Waals surface area contributed by atoms with E-state index in [9.17, 15) is 18.0 Å². The topological polar surface area (TPSA) is 74.9 Å². The molecular formula is C29H37ClF3N3O4Si. The van der Waals surface area contributed by atoms with Crippen molar-refractivity contribution in [3.63, 3.8) is 0 Å². The number of halogens is 4. The molecule has 0 aliphatic heterocycles. The summed E-state index contributed by atoms with van der Waals surface area (Å²) in [6, 6.07) is 5.98. The Morgan fingerprint density at radius 1 is 1.27 bits per heavy atom. The summed E-state index contributed by atoms with van der Waals surface area (Å²) in [6.45, 7) is 14.4. The van der Waals surface area contributed by atoms with Crippen LogP contribution in [0.4, 0.5) is 13.2 Å². The third-order valence-electron chi connectivity index (χ3n) is 6.99. The zero-order valence-corrected chi connectivity index (χ0v) is 26.1. The van der Waals surface area contributed by atoms with Crippen molar-refractivity contribution >= 4 is 37.9 Å². The summed E-state index contributed by atoms with van der Waals surface area (Å²) in [5.41, 5.74) is 1.11. The molecule has 7 nitrogen and oxygen atoms in total. The Labute approximate surface area is 245 Å². The minimum Gasteiger partial charge on any atom is -0.476 e. The summed E-state index contributed by atoms with van der Waals surface area (Å²) >= 11 is 6.61. The van der Waals surface area contributed by atoms with E-state index in [1.807, 2.05) is 13.8 Å². The number of benzene rings is 1. The highest BCUT2D eigenvalue weighted by molar-refractivity contribution is 6.76. The van der Waals surface area contributed by atoms with Crippen LogP contribution in [-0.4, -0.2) is 50.6 Å². The number of aliphatic imine (C=N–C) groups is 1. The van der Waals surface area contributed by atoms with Crippen molar-refractivity contribution in [2.45, 2.75) is 65.3 Å². The third kappa shape index (κ3) is 8.56. The lowest BCUT2D eigenvalue weighted by Gasteiger charge is -2.16. The van der Waals surface area contributed by atoms with Crippen molar-refractivity contribution in [2.24, 2.45) is 10.4 Å². The number of esters is 1. The van der Waals surface area contributed by atoms with Gasteiger partial charge in [-0.05, 0) is 68.3 Å². The van der Waals surface area contributed by atoms with E-state index in [0.717, 1.165) is 29.0 Å². The number of allylic oxidation sites excluding steroid dienone is 3. The van der Waals surface area contributed by atoms with Crippen molar-refractivity contribution in [2.75, 3.05) is 20.3 Å². The van der Waals surface area contributed by atoms with Gasteiger partial charge >= 0.3 is 12.1 Å². The first-order valence-corrected chi connectivity index (χ1v) is 17.3. The van der Waals surface area contributed by atoms with Gasteiger partial charge in [0.15, 0.2) is 5.69 Å². The highest BCUT2D eigenvalue weighted by Crippen LogP contribution is 2.47. The Morgan fingerprint density at radius 2 is 1.95 bits per heavy atom. The average molecular weight is 612 g/mol. The van der Waals surface area contributed by atoms with Gasteiger partial charge in [0.05, 0.1) is 12.1 Å². The summed E-state index contributed by atoms with van der Waals surface area (Å²) in [4.78, 5) is 19.8. The standard InChI is InChI=1S/C29H37ClF3N3O4Si/c1-19(14-25(34-3)40-17-28(10-11-28)27(37)38-4)20(2)21-8-9-22(23(30)15-21)26-35-24(29(31,32)33)16-36(26)18-39-12-13-41(5,6)7/h8-9,14-16H,3,10-13,17-18H2,1-2,4-7H3/b20-19+,25-14+. The molecule has 1 heterocycles. The molecule has 0 bridgehead atoms. The molecule has 0 saturated heterocycles. The second-order valence-electron chi connectivity index (χ2n) is 11.5. The van der Waals surface area contributed by atoms with Gasteiger partial charge in [0.2, 0.25) is 5.88 Å². The Kier molecular flexibility index (Phi) is 10.3. The first-order valence-electron chi connectivity index (χ1n) is 13.2. The maximum atomic E-state index is 13.5. The van der Waals surface area contributed by atoms with E-state index in [0.29, 0.717) is 25.0 Å². The molecule has 0 radical (unpaired) electrons. The number of hydrogen-bond donors (Lipinski definition) is 0. The Bertz CT molecular complexity index is 1340. The molecule has 3 rings (SSSR count). The number of imidazole rings is 1. The van der Waals surface area contributed by atoms with Crippen LogP contribution in [0.1, 0.15) is 37.9 Å². The lowest BCUT2D eigenvalue weighted by Crippen LogP contribution is -2.22. The number of carbonyl (C=O) groups excluding carboxylic acids is 1. The average Bonchev–Trinajstić information content (AvgIpc) is 3.57. The van der Waals surface area contributed by atoms with E-state index in [2.05, 4.69) is 36.3 Å². The zero-order chi connectivity index (χ0) is 30.6. The SMILES string of the molecule is C=N/C(=C\C(C)=C(/C)c1ccc(-c2nc(C(F)(F)F)cn2COCC[Si](C)(C)C)c(Cl)c1)OCC1(C(=O)OC)CC1. The monoisotopic (exact) mass is 611 g/mol. The van der Waals surface area contributed by atoms with E-state index >= 15 is 0 Å². The third-order valence-corrected chi connectivity index (χ3v) is 9.01. The summed E-state index contributed by atoms with van der Waals surface area (Å²) in [7, 11) is -0.00745. The molecule has 0 unspecified atom stereocenters. The van der Waals surface area contributed by atoms with Gasteiger partial charge < -0.3 is 18.8 Å². The molecule has 1 saturated carbocycles. The molecule has 0 amide bonds. The van der Waals surface area contributed by atoms with Gasteiger partial charge in [-0.2, -0.15) is 13.2 Å². The van der Waals surface area contributed by atoms with E-state index < -0.39 is 25.4 Å². The molecule has 224 valence electrons. The fraction of sp³-hybridized carbons (Fsp3) is 0.483. The number of carbonyl (C=O) groups is 1. The minimum absolute atomic E-state index is 0.0710. The second kappa shape index (κ2) is 13.0. The molecule has 1 aromatic heterocycles. The van der Waals surface area contributed by atoms with Crippen LogP contribution >= 0.6 is 11.6 Å². The van der Waals surface area contributed by atoms with Gasteiger partial charge in [-0.25, -0.2) is 9.98 Å². The zero-order valence-electron chi connectivity index (χ0n) is 24.3. The van der Waals surface area contributed by atoms with Crippen molar-refractivity contribution < 1.29 is 32.2 Å². The van der Waals surface area contributed by atoms with Crippen LogP contribution in [0, 0.1) is 5.41 Å². The molecule has 1 fully saturated rings. The molecule has 12 heteroatoms. The normalized spacial score (nSPS) is 15.8. The van der Waals surface area contributed by atoms with E-state index in [-0.39, 0.29) is 36.0 Å². The predicted octanol–water partition coefficient (Wildman–Crippen LogP) is 7.84. The van der Waals surface area contributed by atoms with Crippen LogP contribution in [0.5, 0.6) is 0 Å². The Morgan fingerprint density at radius 3 is 2.49 bits per heavy atom. The number of aromatic nitrogens is 2. The Balaban J connectivity index is 1.84. The Hall–Kier alpha value is -2.89. The molecular weight excluding hydrogens is 575 g/mol. The minimum atomic E-state index is -4.61. The largest absolute Gasteiger partial charge is 0.476 e. The predicted molar refractivity (Wildman–Crippen MR) is 157 cm³/mol. The first kappa shape index (κ1) is 32.6. The number of ether oxygens (including phenoxy) is 3. The molecule has 0 N–H and O–H groups in total. The number of methoxy groups -OCH3 is 1. The van der Waals surface area contributed by atoms with Crippen LogP contribution in [0.3, 0.4) is 0 Å². The molecule has 1 aromatic carbocycles. The molecule has 1 aliphatic carbocycles. The summed E-state index contributed by atoms with van der Waals surface area (Å²) in [5.74, 6) is 0.0297. The number of nitrogens with zero attached hydrogens (tertiary/aromatic N) is 3. The summed E-state index contributed by atoms with van der Waals surface area (Å²) in [5, 5.41) is 0.244. The van der Waals surface area contributed by atoms with Crippen molar-refractivity contribution in [1.29, 1.82) is 0 Å². The van der Waals surface area contributed by atoms with E-state index in [1.165, 1.54) is 11.7 Å². The number of rotatable bonds is 13. The molecule has 41 heavy (non-hydrogen) atoms.